The summed E-state index contributed by atoms with van der Waals surface area (Å²) in [5.74, 6) is -1.23. The van der Waals surface area contributed by atoms with E-state index < -0.39 is 67.4 Å². The van der Waals surface area contributed by atoms with E-state index in [4.69, 9.17) is 14.2 Å². The minimum absolute atomic E-state index is 0.110. The van der Waals surface area contributed by atoms with Crippen LogP contribution in [0.25, 0.3) is 0 Å². The molecule has 0 radical (unpaired) electrons. The molecular weight excluding hydrogens is 1060 g/mol. The van der Waals surface area contributed by atoms with E-state index in [2.05, 4.69) is 123 Å². The first-order valence-corrected chi connectivity index (χ1v) is 34.7. The SMILES string of the molecule is CCCCC/C=C\C/C=C\C/C=C\C/C=C\CCCCCCCCCCCCCC(=O)OC1C(OCC(NC(=O)C(O)CCCC/C=C\C/C=C\C/C=C\C/C=C\CCCCC)C(O)/C=C/CCCCCCCCCCC)OC(CO)C(O)C1O. The molecule has 6 N–H and O–H groups in total. The normalized spacial score (nSPS) is 19.1. The van der Waals surface area contributed by atoms with Gasteiger partial charge in [0.25, 0.3) is 0 Å². The Morgan fingerprint density at radius 2 is 0.812 bits per heavy atom. The van der Waals surface area contributed by atoms with Gasteiger partial charge in [-0.2, -0.15) is 0 Å². The third-order valence-corrected chi connectivity index (χ3v) is 15.6. The zero-order valence-electron chi connectivity index (χ0n) is 54.2. The molecule has 1 heterocycles. The number of unbranched alkanes of at least 4 members (excludes halogenated alkanes) is 28. The number of aliphatic hydroxyl groups excluding tert-OH is 5. The summed E-state index contributed by atoms with van der Waals surface area (Å²) in [5.41, 5.74) is 0. The summed E-state index contributed by atoms with van der Waals surface area (Å²) in [6.07, 6.45) is 72.7. The molecule has 0 bridgehead atoms. The van der Waals surface area contributed by atoms with Crippen molar-refractivity contribution in [2.45, 2.75) is 333 Å². The average molecular weight is 1190 g/mol. The van der Waals surface area contributed by atoms with Crippen molar-refractivity contribution in [3.8, 4) is 0 Å². The van der Waals surface area contributed by atoms with Gasteiger partial charge in [-0.05, 0) is 116 Å². The fourth-order valence-electron chi connectivity index (χ4n) is 10.1. The second-order valence-corrected chi connectivity index (χ2v) is 23.6. The van der Waals surface area contributed by atoms with E-state index in [1.54, 1.807) is 6.08 Å². The van der Waals surface area contributed by atoms with E-state index in [0.29, 0.717) is 12.8 Å². The summed E-state index contributed by atoms with van der Waals surface area (Å²) in [7, 11) is 0. The first kappa shape index (κ1) is 79.3. The summed E-state index contributed by atoms with van der Waals surface area (Å²) in [5, 5.41) is 57.1. The highest BCUT2D eigenvalue weighted by molar-refractivity contribution is 5.80. The number of nitrogens with one attached hydrogen (secondary N) is 1. The summed E-state index contributed by atoms with van der Waals surface area (Å²) < 4.78 is 17.7. The van der Waals surface area contributed by atoms with E-state index >= 15 is 0 Å². The molecule has 1 aliphatic rings. The van der Waals surface area contributed by atoms with Gasteiger partial charge in [-0.1, -0.05) is 271 Å². The molecule has 11 nitrogen and oxygen atoms in total. The van der Waals surface area contributed by atoms with E-state index in [1.807, 2.05) is 6.08 Å². The molecule has 0 aromatic carbocycles. The number of allylic oxidation sites excluding steroid dienone is 17. The van der Waals surface area contributed by atoms with Crippen LogP contribution in [0, 0.1) is 0 Å². The Morgan fingerprint density at radius 1 is 0.459 bits per heavy atom. The molecule has 1 aliphatic heterocycles. The number of aliphatic hydroxyl groups is 5. The van der Waals surface area contributed by atoms with Crippen molar-refractivity contribution < 1.29 is 49.3 Å². The molecule has 1 rings (SSSR count). The van der Waals surface area contributed by atoms with Gasteiger partial charge < -0.3 is 45.1 Å². The Bertz CT molecular complexity index is 1800. The highest BCUT2D eigenvalue weighted by Crippen LogP contribution is 2.26. The van der Waals surface area contributed by atoms with Crippen LogP contribution in [-0.2, 0) is 23.8 Å². The Balaban J connectivity index is 2.58. The van der Waals surface area contributed by atoms with Crippen molar-refractivity contribution in [1.29, 1.82) is 0 Å². The van der Waals surface area contributed by atoms with Crippen molar-refractivity contribution >= 4 is 11.9 Å². The molecule has 0 saturated carbocycles. The Kier molecular flexibility index (Phi) is 56.6. The topological polar surface area (TPSA) is 175 Å². The predicted molar refractivity (Wildman–Crippen MR) is 356 cm³/mol. The predicted octanol–water partition coefficient (Wildman–Crippen LogP) is 17.6. The van der Waals surface area contributed by atoms with Crippen molar-refractivity contribution in [2.24, 2.45) is 0 Å². The van der Waals surface area contributed by atoms with Gasteiger partial charge >= 0.3 is 5.97 Å². The first-order chi connectivity index (χ1) is 41.7. The summed E-state index contributed by atoms with van der Waals surface area (Å²) in [4.78, 5) is 26.6. The average Bonchev–Trinajstić information content (AvgIpc) is 2.92. The fraction of sp³-hybridized carbons (Fsp3) is 0.730. The van der Waals surface area contributed by atoms with Gasteiger partial charge in [0.2, 0.25) is 5.91 Å². The molecular formula is C74H127NO10. The van der Waals surface area contributed by atoms with Crippen LogP contribution in [0.15, 0.2) is 109 Å². The summed E-state index contributed by atoms with van der Waals surface area (Å²) in [6.45, 7) is 5.71. The number of hydrogen-bond acceptors (Lipinski definition) is 10. The second kappa shape index (κ2) is 60.6. The van der Waals surface area contributed by atoms with Gasteiger partial charge in [0, 0.05) is 6.42 Å². The lowest BCUT2D eigenvalue weighted by atomic mass is 9.99. The maximum atomic E-state index is 13.4. The summed E-state index contributed by atoms with van der Waals surface area (Å²) in [6, 6.07) is -1.05. The third kappa shape index (κ3) is 48.0. The van der Waals surface area contributed by atoms with Crippen LogP contribution in [0.3, 0.4) is 0 Å². The van der Waals surface area contributed by atoms with Crippen LogP contribution in [0.5, 0.6) is 0 Å². The Labute approximate surface area is 519 Å². The van der Waals surface area contributed by atoms with Gasteiger partial charge in [0.1, 0.15) is 24.4 Å². The number of carbonyl (C=O) groups excluding carboxylic acids is 2. The van der Waals surface area contributed by atoms with Gasteiger partial charge in [-0.15, -0.1) is 0 Å². The van der Waals surface area contributed by atoms with E-state index in [-0.39, 0.29) is 19.4 Å². The van der Waals surface area contributed by atoms with E-state index in [9.17, 15) is 35.1 Å². The highest BCUT2D eigenvalue weighted by atomic mass is 16.7. The number of esters is 1. The fourth-order valence-corrected chi connectivity index (χ4v) is 10.1. The number of ether oxygens (including phenoxy) is 3. The molecule has 8 unspecified atom stereocenters. The summed E-state index contributed by atoms with van der Waals surface area (Å²) >= 11 is 0. The Morgan fingerprint density at radius 3 is 1.24 bits per heavy atom. The molecule has 11 heteroatoms. The van der Waals surface area contributed by atoms with Crippen LogP contribution in [0.2, 0.25) is 0 Å². The molecule has 1 fully saturated rings. The minimum atomic E-state index is -1.63. The van der Waals surface area contributed by atoms with Crippen molar-refractivity contribution in [3.05, 3.63) is 109 Å². The maximum Gasteiger partial charge on any atom is 0.306 e. The van der Waals surface area contributed by atoms with E-state index in [1.165, 1.54) is 128 Å². The van der Waals surface area contributed by atoms with Gasteiger partial charge in [0.05, 0.1) is 25.4 Å². The number of carbonyl (C=O) groups is 2. The number of rotatable bonds is 58. The van der Waals surface area contributed by atoms with E-state index in [0.717, 1.165) is 109 Å². The van der Waals surface area contributed by atoms with Crippen LogP contribution in [0.4, 0.5) is 0 Å². The Hall–Kier alpha value is -3.68. The highest BCUT2D eigenvalue weighted by Gasteiger charge is 2.47. The third-order valence-electron chi connectivity index (χ3n) is 15.6. The van der Waals surface area contributed by atoms with Gasteiger partial charge in [-0.3, -0.25) is 9.59 Å². The van der Waals surface area contributed by atoms with Crippen LogP contribution in [-0.4, -0.2) is 99.6 Å². The molecule has 0 spiro atoms. The molecule has 0 aromatic heterocycles. The number of amides is 1. The van der Waals surface area contributed by atoms with Crippen LogP contribution >= 0.6 is 0 Å². The largest absolute Gasteiger partial charge is 0.454 e. The first-order valence-electron chi connectivity index (χ1n) is 34.7. The smallest absolute Gasteiger partial charge is 0.306 e. The van der Waals surface area contributed by atoms with Crippen molar-refractivity contribution in [1.82, 2.24) is 5.32 Å². The lowest BCUT2D eigenvalue weighted by Crippen LogP contribution is -2.61. The number of hydrogen-bond donors (Lipinski definition) is 6. The second-order valence-electron chi connectivity index (χ2n) is 23.6. The van der Waals surface area contributed by atoms with Gasteiger partial charge in [-0.25, -0.2) is 0 Å². The van der Waals surface area contributed by atoms with Crippen LogP contribution < -0.4 is 5.32 Å². The minimum Gasteiger partial charge on any atom is -0.454 e. The van der Waals surface area contributed by atoms with Gasteiger partial charge in [0.15, 0.2) is 12.4 Å². The van der Waals surface area contributed by atoms with Crippen LogP contribution in [0.1, 0.15) is 284 Å². The lowest BCUT2D eigenvalue weighted by molar-refractivity contribution is -0.305. The zero-order valence-corrected chi connectivity index (χ0v) is 54.2. The zero-order chi connectivity index (χ0) is 61.7. The lowest BCUT2D eigenvalue weighted by Gasteiger charge is -2.41. The molecule has 85 heavy (non-hydrogen) atoms. The molecule has 1 amide bonds. The molecule has 0 aromatic rings. The standard InChI is InChI=1S/C74H127NO10/c1-4-7-10-13-16-19-22-24-26-28-30-31-32-33-34-35-36-37-38-40-42-44-47-50-53-56-59-62-69(79)85-72-71(81)70(80)68(63-76)84-74(72)83-64-65(66(77)60-57-54-51-48-45-21-18-15-12-9-6-3)75-73(82)67(78)61-58-55-52-49-46-43-41-39-29-27-25-23-20-17-14-11-8-5-2/h16-17,19-20,24-27,30-31,33-34,39,41,46,49,57,60,65-68,70-72,74,76-78,80-81H,4-15,18,21-23,28-29,32,35-38,40,42-45,47-48,50-56,58-59,61-64H2,1-3H3,(H,75,82)/b19-16-,20-17-,26-24-,27-25-,31-30-,34-33-,41-39-,49-46-,60-57+. The molecule has 0 aliphatic carbocycles. The van der Waals surface area contributed by atoms with Crippen molar-refractivity contribution in [3.63, 3.8) is 0 Å². The van der Waals surface area contributed by atoms with Crippen molar-refractivity contribution in [2.75, 3.05) is 13.2 Å². The quantitative estimate of drug-likeness (QED) is 0.0195. The molecule has 488 valence electrons. The maximum absolute atomic E-state index is 13.4. The molecule has 1 saturated heterocycles. The molecule has 8 atom stereocenters. The monoisotopic (exact) mass is 1190 g/mol.